The molecule has 0 aliphatic rings. The lowest BCUT2D eigenvalue weighted by molar-refractivity contribution is 1.22. The highest BCUT2D eigenvalue weighted by Gasteiger charge is 2.02. The van der Waals surface area contributed by atoms with Crippen molar-refractivity contribution < 1.29 is 0 Å². The van der Waals surface area contributed by atoms with Gasteiger partial charge >= 0.3 is 0 Å². The van der Waals surface area contributed by atoms with Crippen LogP contribution in [0.1, 0.15) is 0 Å². The standard InChI is InChI=1S/C6H2ClN5S2/c7-5-6(13-14-12-5)11-4(2-9)3(10)1-8/h10H2/b4-3-,11-6?. The van der Waals surface area contributed by atoms with Crippen molar-refractivity contribution in [3.05, 3.63) is 21.2 Å². The second-order valence-electron chi connectivity index (χ2n) is 1.94. The maximum atomic E-state index is 8.63. The van der Waals surface area contributed by atoms with Gasteiger partial charge in [0.15, 0.2) is 15.5 Å². The van der Waals surface area contributed by atoms with Gasteiger partial charge in [-0.1, -0.05) is 11.6 Å². The van der Waals surface area contributed by atoms with Gasteiger partial charge in [-0.05, 0) is 10.3 Å². The van der Waals surface area contributed by atoms with Crippen molar-refractivity contribution in [1.82, 2.24) is 4.37 Å². The summed E-state index contributed by atoms with van der Waals surface area (Å²) in [6.07, 6.45) is 0. The van der Waals surface area contributed by atoms with Gasteiger partial charge in [0.1, 0.15) is 17.8 Å². The van der Waals surface area contributed by atoms with Crippen LogP contribution < -0.4 is 10.4 Å². The molecule has 2 N–H and O–H groups in total. The summed E-state index contributed by atoms with van der Waals surface area (Å²) in [6, 6.07) is 3.34. The first-order valence-electron chi connectivity index (χ1n) is 3.15. The van der Waals surface area contributed by atoms with Crippen molar-refractivity contribution in [3.63, 3.8) is 0 Å². The van der Waals surface area contributed by atoms with Crippen LogP contribution in [0.4, 0.5) is 0 Å². The summed E-state index contributed by atoms with van der Waals surface area (Å²) in [5.74, 6) is 0. The molecule has 1 heterocycles. The Morgan fingerprint density at radius 2 is 2.21 bits per heavy atom. The zero-order chi connectivity index (χ0) is 10.6. The predicted molar refractivity (Wildman–Crippen MR) is 53.0 cm³/mol. The van der Waals surface area contributed by atoms with E-state index in [0.717, 1.165) is 10.5 Å². The minimum Gasteiger partial charge on any atom is -0.388 e. The molecule has 0 spiro atoms. The Bertz CT molecular complexity index is 511. The molecule has 0 saturated carbocycles. The molecule has 0 fully saturated rings. The van der Waals surface area contributed by atoms with Crippen molar-refractivity contribution in [2.75, 3.05) is 0 Å². The van der Waals surface area contributed by atoms with Crippen molar-refractivity contribution in [3.8, 4) is 12.1 Å². The number of hydrogen-bond acceptors (Lipinski definition) is 7. The van der Waals surface area contributed by atoms with Crippen LogP contribution in [0.5, 0.6) is 0 Å². The topological polar surface area (TPSA) is 98.8 Å². The fourth-order valence-corrected chi connectivity index (χ4v) is 2.50. The van der Waals surface area contributed by atoms with Gasteiger partial charge < -0.3 is 5.73 Å². The number of halogens is 1. The Hall–Kier alpha value is -1.41. The number of rotatable bonds is 1. The van der Waals surface area contributed by atoms with E-state index in [2.05, 4.69) is 9.37 Å². The van der Waals surface area contributed by atoms with Gasteiger partial charge in [0.25, 0.3) is 0 Å². The smallest absolute Gasteiger partial charge is 0.179 e. The lowest BCUT2D eigenvalue weighted by atomic mass is 10.4. The van der Waals surface area contributed by atoms with Crippen LogP contribution >= 0.6 is 32.5 Å². The molecule has 1 rings (SSSR count). The lowest BCUT2D eigenvalue weighted by Gasteiger charge is -1.87. The van der Waals surface area contributed by atoms with E-state index in [4.69, 9.17) is 27.9 Å². The highest BCUT2D eigenvalue weighted by atomic mass is 35.5. The summed E-state index contributed by atoms with van der Waals surface area (Å²) in [7, 11) is 2.35. The third-order valence-electron chi connectivity index (χ3n) is 1.10. The summed E-state index contributed by atoms with van der Waals surface area (Å²) < 4.78 is 4.15. The fraction of sp³-hybridized carbons (Fsp3) is 0. The van der Waals surface area contributed by atoms with Gasteiger partial charge in [-0.2, -0.15) is 14.9 Å². The predicted octanol–water partition coefficient (Wildman–Crippen LogP) is 0.976. The highest BCUT2D eigenvalue weighted by molar-refractivity contribution is 7.66. The number of allylic oxidation sites excluding steroid dienone is 2. The molecule has 0 aromatic carbocycles. The van der Waals surface area contributed by atoms with Crippen LogP contribution in [0.25, 0.3) is 0 Å². The molecule has 0 unspecified atom stereocenters. The summed E-state index contributed by atoms with van der Waals surface area (Å²) in [6.45, 7) is 0. The van der Waals surface area contributed by atoms with Gasteiger partial charge in [-0.3, -0.25) is 0 Å². The summed E-state index contributed by atoms with van der Waals surface area (Å²) >= 11 is 5.65. The molecule has 5 nitrogen and oxygen atoms in total. The van der Waals surface area contributed by atoms with E-state index in [0.29, 0.717) is 4.67 Å². The molecule has 0 aliphatic carbocycles. The van der Waals surface area contributed by atoms with Crippen molar-refractivity contribution >= 4 is 32.5 Å². The average molecular weight is 244 g/mol. The number of hydrogen-bond donors (Lipinski definition) is 1. The first-order valence-corrected chi connectivity index (χ1v) is 5.63. The number of nitrogens with two attached hydrogens (primary N) is 1. The first-order chi connectivity index (χ1) is 6.69. The molecular formula is C6H2ClN5S2. The SMILES string of the molecule is N#C/C(N)=C(\C#N)N=c1ssnc1Cl. The summed E-state index contributed by atoms with van der Waals surface area (Å²) in [5, 5.41) is 17.3. The lowest BCUT2D eigenvalue weighted by Crippen LogP contribution is -2.01. The second-order valence-corrected chi connectivity index (χ2v) is 4.13. The Kier molecular flexibility index (Phi) is 3.60. The Morgan fingerprint density at radius 3 is 2.64 bits per heavy atom. The monoisotopic (exact) mass is 243 g/mol. The van der Waals surface area contributed by atoms with Crippen LogP contribution in [0.15, 0.2) is 16.4 Å². The van der Waals surface area contributed by atoms with Crippen molar-refractivity contribution in [2.45, 2.75) is 0 Å². The van der Waals surface area contributed by atoms with Crippen molar-refractivity contribution in [2.24, 2.45) is 10.7 Å². The molecule has 0 radical (unpaired) electrons. The Morgan fingerprint density at radius 1 is 1.50 bits per heavy atom. The summed E-state index contributed by atoms with van der Waals surface area (Å²) in [4.78, 5) is 3.81. The van der Waals surface area contributed by atoms with Crippen LogP contribution in [-0.2, 0) is 0 Å². The van der Waals surface area contributed by atoms with Gasteiger partial charge in [0.05, 0.1) is 0 Å². The maximum Gasteiger partial charge on any atom is 0.179 e. The molecule has 8 heteroatoms. The first kappa shape index (κ1) is 10.7. The Balaban J connectivity index is 3.31. The zero-order valence-electron chi connectivity index (χ0n) is 6.56. The van der Waals surface area contributed by atoms with E-state index >= 15 is 0 Å². The molecule has 0 amide bonds. The molecule has 1 aromatic rings. The quantitative estimate of drug-likeness (QED) is 0.587. The van der Waals surface area contributed by atoms with Gasteiger partial charge in [0.2, 0.25) is 0 Å². The molecular weight excluding hydrogens is 242 g/mol. The number of nitriles is 2. The molecule has 14 heavy (non-hydrogen) atoms. The average Bonchev–Trinajstić information content (AvgIpc) is 2.59. The molecule has 0 bridgehead atoms. The van der Waals surface area contributed by atoms with E-state index in [1.165, 1.54) is 10.3 Å². The molecule has 1 aromatic heterocycles. The third-order valence-corrected chi connectivity index (χ3v) is 3.28. The minimum atomic E-state index is -0.234. The van der Waals surface area contributed by atoms with E-state index in [1.54, 1.807) is 12.1 Å². The van der Waals surface area contributed by atoms with E-state index in [9.17, 15) is 0 Å². The summed E-state index contributed by atoms with van der Waals surface area (Å²) in [5.41, 5.74) is 4.86. The largest absolute Gasteiger partial charge is 0.388 e. The zero-order valence-corrected chi connectivity index (χ0v) is 8.95. The van der Waals surface area contributed by atoms with Crippen LogP contribution in [-0.4, -0.2) is 4.37 Å². The molecule has 0 aliphatic heterocycles. The number of nitrogens with zero attached hydrogens (tertiary/aromatic N) is 4. The van der Waals surface area contributed by atoms with E-state index < -0.39 is 0 Å². The van der Waals surface area contributed by atoms with Crippen molar-refractivity contribution in [1.29, 1.82) is 10.5 Å². The van der Waals surface area contributed by atoms with Gasteiger partial charge in [-0.15, -0.1) is 0 Å². The van der Waals surface area contributed by atoms with Gasteiger partial charge in [0, 0.05) is 10.5 Å². The molecule has 0 saturated heterocycles. The van der Waals surface area contributed by atoms with Crippen LogP contribution in [0, 0.1) is 22.7 Å². The van der Waals surface area contributed by atoms with E-state index in [-0.39, 0.29) is 16.5 Å². The highest BCUT2D eigenvalue weighted by Crippen LogP contribution is 2.07. The van der Waals surface area contributed by atoms with E-state index in [1.807, 2.05) is 0 Å². The minimum absolute atomic E-state index is 0.147. The third kappa shape index (κ3) is 2.30. The van der Waals surface area contributed by atoms with Crippen LogP contribution in [0.2, 0.25) is 5.15 Å². The molecule has 70 valence electrons. The normalized spacial score (nSPS) is 12.9. The second kappa shape index (κ2) is 4.72. The Labute approximate surface area is 91.6 Å². The van der Waals surface area contributed by atoms with Crippen LogP contribution in [0.3, 0.4) is 0 Å². The molecule has 0 atom stereocenters. The maximum absolute atomic E-state index is 8.63. The van der Waals surface area contributed by atoms with Gasteiger partial charge in [-0.25, -0.2) is 4.99 Å². The fourth-order valence-electron chi connectivity index (χ4n) is 0.525. The number of aromatic nitrogens is 1.